The lowest BCUT2D eigenvalue weighted by molar-refractivity contribution is 0.173. The first-order chi connectivity index (χ1) is 10.2. The molecule has 1 heterocycles. The third-order valence-electron chi connectivity index (χ3n) is 2.85. The van der Waals surface area contributed by atoms with Crippen LogP contribution in [0.5, 0.6) is 11.5 Å². The molecule has 0 atom stereocenters. The Morgan fingerprint density at radius 3 is 2.91 bits per heavy atom. The van der Waals surface area contributed by atoms with Crippen LogP contribution in [0, 0.1) is 0 Å². The Morgan fingerprint density at radius 1 is 1.36 bits per heavy atom. The maximum absolute atomic E-state index is 5.41. The standard InChI is InChI=1S/C14H20BrN3O3.HI/c1-3-16-14(17-4-5-19-2)18-8-10-6-11(15)13-12(7-10)20-9-21-13;/h6-7H,3-5,8-9H2,1-2H3,(H2,16,17,18);1H. The van der Waals surface area contributed by atoms with Crippen LogP contribution in [0.3, 0.4) is 0 Å². The average Bonchev–Trinajstić information content (AvgIpc) is 2.94. The van der Waals surface area contributed by atoms with Gasteiger partial charge < -0.3 is 24.8 Å². The van der Waals surface area contributed by atoms with Crippen molar-refractivity contribution in [3.63, 3.8) is 0 Å². The molecule has 1 aromatic carbocycles. The predicted molar refractivity (Wildman–Crippen MR) is 100 cm³/mol. The quantitative estimate of drug-likeness (QED) is 0.280. The van der Waals surface area contributed by atoms with E-state index >= 15 is 0 Å². The molecule has 0 spiro atoms. The third kappa shape index (κ3) is 5.47. The lowest BCUT2D eigenvalue weighted by Crippen LogP contribution is -2.38. The summed E-state index contributed by atoms with van der Waals surface area (Å²) < 4.78 is 16.7. The van der Waals surface area contributed by atoms with Gasteiger partial charge in [-0.15, -0.1) is 24.0 Å². The Bertz CT molecular complexity index is 514. The summed E-state index contributed by atoms with van der Waals surface area (Å²) in [5, 5.41) is 6.40. The number of nitrogens with zero attached hydrogens (tertiary/aromatic N) is 1. The highest BCUT2D eigenvalue weighted by Gasteiger charge is 2.17. The van der Waals surface area contributed by atoms with Gasteiger partial charge in [0.05, 0.1) is 17.6 Å². The predicted octanol–water partition coefficient (Wildman–Crippen LogP) is 2.50. The first-order valence-corrected chi connectivity index (χ1v) is 7.63. The van der Waals surface area contributed by atoms with Crippen molar-refractivity contribution in [3.05, 3.63) is 22.2 Å². The zero-order chi connectivity index (χ0) is 15.1. The molecule has 0 saturated heterocycles. The van der Waals surface area contributed by atoms with E-state index in [1.807, 2.05) is 19.1 Å². The molecule has 0 radical (unpaired) electrons. The van der Waals surface area contributed by atoms with Crippen LogP contribution in [0.15, 0.2) is 21.6 Å². The molecule has 0 aliphatic carbocycles. The zero-order valence-corrected chi connectivity index (χ0v) is 16.6. The minimum Gasteiger partial charge on any atom is -0.454 e. The van der Waals surface area contributed by atoms with Gasteiger partial charge in [0.25, 0.3) is 0 Å². The van der Waals surface area contributed by atoms with Gasteiger partial charge in [-0.3, -0.25) is 0 Å². The van der Waals surface area contributed by atoms with E-state index in [0.717, 1.165) is 34.0 Å². The van der Waals surface area contributed by atoms with Crippen LogP contribution in [-0.2, 0) is 11.3 Å². The summed E-state index contributed by atoms with van der Waals surface area (Å²) >= 11 is 3.49. The highest BCUT2D eigenvalue weighted by atomic mass is 127. The lowest BCUT2D eigenvalue weighted by atomic mass is 10.2. The number of halogens is 2. The summed E-state index contributed by atoms with van der Waals surface area (Å²) in [6, 6.07) is 3.95. The Kier molecular flexibility index (Phi) is 8.88. The largest absolute Gasteiger partial charge is 0.454 e. The molecule has 6 nitrogen and oxygen atoms in total. The van der Waals surface area contributed by atoms with Crippen molar-refractivity contribution in [2.75, 3.05) is 33.6 Å². The fourth-order valence-electron chi connectivity index (χ4n) is 1.90. The van der Waals surface area contributed by atoms with E-state index in [9.17, 15) is 0 Å². The van der Waals surface area contributed by atoms with Gasteiger partial charge in [0.1, 0.15) is 0 Å². The van der Waals surface area contributed by atoms with Gasteiger partial charge in [-0.05, 0) is 40.5 Å². The molecule has 0 aromatic heterocycles. The van der Waals surface area contributed by atoms with Crippen molar-refractivity contribution in [2.24, 2.45) is 4.99 Å². The minimum absolute atomic E-state index is 0. The first kappa shape index (κ1) is 19.3. The van der Waals surface area contributed by atoms with E-state index < -0.39 is 0 Å². The Morgan fingerprint density at radius 2 is 2.18 bits per heavy atom. The number of benzene rings is 1. The first-order valence-electron chi connectivity index (χ1n) is 6.83. The van der Waals surface area contributed by atoms with Crippen LogP contribution in [0.4, 0.5) is 0 Å². The molecular weight excluding hydrogens is 465 g/mol. The number of guanidine groups is 1. The highest BCUT2D eigenvalue weighted by molar-refractivity contribution is 14.0. The molecule has 0 amide bonds. The number of nitrogens with one attached hydrogen (secondary N) is 2. The average molecular weight is 486 g/mol. The number of hydrogen-bond donors (Lipinski definition) is 2. The van der Waals surface area contributed by atoms with Gasteiger partial charge in [0.2, 0.25) is 6.79 Å². The van der Waals surface area contributed by atoms with Crippen LogP contribution < -0.4 is 20.1 Å². The second kappa shape index (κ2) is 10.1. The number of hydrogen-bond acceptors (Lipinski definition) is 4. The van der Waals surface area contributed by atoms with Crippen molar-refractivity contribution >= 4 is 45.9 Å². The summed E-state index contributed by atoms with van der Waals surface area (Å²) in [6.45, 7) is 5.01. The van der Waals surface area contributed by atoms with E-state index in [0.29, 0.717) is 19.7 Å². The lowest BCUT2D eigenvalue weighted by Gasteiger charge is -2.11. The third-order valence-corrected chi connectivity index (χ3v) is 3.44. The van der Waals surface area contributed by atoms with E-state index in [1.165, 1.54) is 0 Å². The summed E-state index contributed by atoms with van der Waals surface area (Å²) in [5.74, 6) is 2.28. The fraction of sp³-hybridized carbons (Fsp3) is 0.500. The summed E-state index contributed by atoms with van der Waals surface area (Å²) in [4.78, 5) is 4.54. The molecule has 1 aromatic rings. The van der Waals surface area contributed by atoms with Crippen LogP contribution in [0.25, 0.3) is 0 Å². The van der Waals surface area contributed by atoms with Crippen LogP contribution in [0.1, 0.15) is 12.5 Å². The molecule has 1 aliphatic heterocycles. The molecule has 0 bridgehead atoms. The maximum atomic E-state index is 5.41. The summed E-state index contributed by atoms with van der Waals surface area (Å²) in [6.07, 6.45) is 0. The smallest absolute Gasteiger partial charge is 0.231 e. The van der Waals surface area contributed by atoms with Crippen molar-refractivity contribution in [2.45, 2.75) is 13.5 Å². The van der Waals surface area contributed by atoms with E-state index in [-0.39, 0.29) is 30.8 Å². The van der Waals surface area contributed by atoms with E-state index in [2.05, 4.69) is 31.6 Å². The van der Waals surface area contributed by atoms with Crippen molar-refractivity contribution in [1.82, 2.24) is 10.6 Å². The second-order valence-corrected chi connectivity index (χ2v) is 5.28. The molecule has 8 heteroatoms. The van der Waals surface area contributed by atoms with Gasteiger partial charge in [-0.25, -0.2) is 4.99 Å². The van der Waals surface area contributed by atoms with Gasteiger partial charge in [0, 0.05) is 20.2 Å². The Balaban J connectivity index is 0.00000242. The minimum atomic E-state index is 0. The van der Waals surface area contributed by atoms with Crippen molar-refractivity contribution < 1.29 is 14.2 Å². The monoisotopic (exact) mass is 485 g/mol. The number of methoxy groups -OCH3 is 1. The SMILES string of the molecule is CCNC(=NCc1cc(Br)c2c(c1)OCO2)NCCOC.I. The van der Waals surface area contributed by atoms with Crippen LogP contribution >= 0.6 is 39.9 Å². The Hall–Kier alpha value is -0.740. The number of aliphatic imine (C=N–C) groups is 1. The number of fused-ring (bicyclic) bond motifs is 1. The van der Waals surface area contributed by atoms with Crippen molar-refractivity contribution in [1.29, 1.82) is 0 Å². The van der Waals surface area contributed by atoms with Gasteiger partial charge in [0.15, 0.2) is 17.5 Å². The van der Waals surface area contributed by atoms with E-state index in [4.69, 9.17) is 14.2 Å². The summed E-state index contributed by atoms with van der Waals surface area (Å²) in [5.41, 5.74) is 1.05. The highest BCUT2D eigenvalue weighted by Crippen LogP contribution is 2.40. The van der Waals surface area contributed by atoms with Gasteiger partial charge >= 0.3 is 0 Å². The van der Waals surface area contributed by atoms with Crippen LogP contribution in [0.2, 0.25) is 0 Å². The second-order valence-electron chi connectivity index (χ2n) is 4.43. The van der Waals surface area contributed by atoms with Crippen LogP contribution in [-0.4, -0.2) is 39.6 Å². The van der Waals surface area contributed by atoms with Crippen molar-refractivity contribution in [3.8, 4) is 11.5 Å². The topological polar surface area (TPSA) is 64.1 Å². The Labute approximate surface area is 156 Å². The van der Waals surface area contributed by atoms with E-state index in [1.54, 1.807) is 7.11 Å². The molecule has 22 heavy (non-hydrogen) atoms. The molecule has 1 aliphatic rings. The van der Waals surface area contributed by atoms with Gasteiger partial charge in [-0.1, -0.05) is 0 Å². The molecule has 124 valence electrons. The zero-order valence-electron chi connectivity index (χ0n) is 12.6. The number of ether oxygens (including phenoxy) is 3. The normalized spacial score (nSPS) is 12.8. The molecule has 2 N–H and O–H groups in total. The molecule has 0 unspecified atom stereocenters. The molecule has 0 saturated carbocycles. The maximum Gasteiger partial charge on any atom is 0.231 e. The number of rotatable bonds is 6. The fourth-order valence-corrected chi connectivity index (χ4v) is 2.50. The molecular formula is C14H21BrIN3O3. The molecule has 0 fully saturated rings. The van der Waals surface area contributed by atoms with Gasteiger partial charge in [-0.2, -0.15) is 0 Å². The molecule has 2 rings (SSSR count). The summed E-state index contributed by atoms with van der Waals surface area (Å²) in [7, 11) is 1.68.